The number of methoxy groups -OCH3 is 1. The molecule has 2 rings (SSSR count). The van der Waals surface area contributed by atoms with Crippen LogP contribution in [0.1, 0.15) is 24.2 Å². The van der Waals surface area contributed by atoms with Gasteiger partial charge in [-0.05, 0) is 30.7 Å². The fourth-order valence-corrected chi connectivity index (χ4v) is 1.85. The summed E-state index contributed by atoms with van der Waals surface area (Å²) in [5.74, 6) is 0.838. The van der Waals surface area contributed by atoms with Crippen LogP contribution in [0.5, 0.6) is 5.75 Å². The highest BCUT2D eigenvalue weighted by Gasteiger charge is 2.13. The van der Waals surface area contributed by atoms with Gasteiger partial charge in [0.15, 0.2) is 0 Å². The van der Waals surface area contributed by atoms with Gasteiger partial charge in [-0.25, -0.2) is 0 Å². The van der Waals surface area contributed by atoms with Crippen LogP contribution < -0.4 is 10.5 Å². The highest BCUT2D eigenvalue weighted by Crippen LogP contribution is 2.21. The number of aromatic nitrogens is 2. The molecule has 17 heavy (non-hydrogen) atoms. The molecule has 4 nitrogen and oxygen atoms in total. The molecule has 1 unspecified atom stereocenters. The second-order valence-corrected chi connectivity index (χ2v) is 3.82. The van der Waals surface area contributed by atoms with Crippen LogP contribution in [0.15, 0.2) is 36.5 Å². The van der Waals surface area contributed by atoms with E-state index < -0.39 is 0 Å². The van der Waals surface area contributed by atoms with Gasteiger partial charge < -0.3 is 10.5 Å². The van der Waals surface area contributed by atoms with Crippen LogP contribution in [0.2, 0.25) is 0 Å². The van der Waals surface area contributed by atoms with Crippen LogP contribution >= 0.6 is 0 Å². The second kappa shape index (κ2) is 5.01. The highest BCUT2D eigenvalue weighted by atomic mass is 16.5. The van der Waals surface area contributed by atoms with Gasteiger partial charge in [0.05, 0.1) is 18.8 Å². The summed E-state index contributed by atoms with van der Waals surface area (Å²) >= 11 is 0. The van der Waals surface area contributed by atoms with Crippen molar-refractivity contribution >= 4 is 0 Å². The third kappa shape index (κ3) is 2.31. The Hall–Kier alpha value is -1.81. The monoisotopic (exact) mass is 231 g/mol. The van der Waals surface area contributed by atoms with E-state index in [4.69, 9.17) is 10.5 Å². The van der Waals surface area contributed by atoms with Gasteiger partial charge in [-0.1, -0.05) is 12.1 Å². The topological polar surface area (TPSA) is 53.1 Å². The summed E-state index contributed by atoms with van der Waals surface area (Å²) in [6, 6.07) is 9.61. The summed E-state index contributed by atoms with van der Waals surface area (Å²) in [6.45, 7) is 2.88. The zero-order chi connectivity index (χ0) is 12.3. The molecule has 1 heterocycles. The van der Waals surface area contributed by atoms with E-state index in [0.29, 0.717) is 0 Å². The van der Waals surface area contributed by atoms with E-state index in [0.717, 1.165) is 23.6 Å². The largest absolute Gasteiger partial charge is 0.497 e. The molecule has 0 radical (unpaired) electrons. The number of ether oxygens (including phenoxy) is 1. The first-order valence-corrected chi connectivity index (χ1v) is 5.67. The molecule has 2 aromatic rings. The van der Waals surface area contributed by atoms with Gasteiger partial charge in [-0.3, -0.25) is 4.68 Å². The number of rotatable bonds is 4. The lowest BCUT2D eigenvalue weighted by Gasteiger charge is -2.14. The van der Waals surface area contributed by atoms with Crippen molar-refractivity contribution in [1.29, 1.82) is 0 Å². The zero-order valence-electron chi connectivity index (χ0n) is 10.1. The summed E-state index contributed by atoms with van der Waals surface area (Å²) in [7, 11) is 1.65. The molecule has 0 bridgehead atoms. The summed E-state index contributed by atoms with van der Waals surface area (Å²) in [6.07, 6.45) is 1.78. The third-order valence-electron chi connectivity index (χ3n) is 2.84. The van der Waals surface area contributed by atoms with E-state index in [9.17, 15) is 0 Å². The molecule has 4 heteroatoms. The first-order chi connectivity index (χ1) is 8.26. The fourth-order valence-electron chi connectivity index (χ4n) is 1.85. The lowest BCUT2D eigenvalue weighted by Crippen LogP contribution is -2.17. The molecule has 1 atom stereocenters. The predicted octanol–water partition coefficient (Wildman–Crippen LogP) is 1.96. The molecule has 0 amide bonds. The zero-order valence-corrected chi connectivity index (χ0v) is 10.1. The van der Waals surface area contributed by atoms with Crippen molar-refractivity contribution in [2.75, 3.05) is 7.11 Å². The Morgan fingerprint density at radius 3 is 2.59 bits per heavy atom. The van der Waals surface area contributed by atoms with Gasteiger partial charge in [-0.15, -0.1) is 0 Å². The molecule has 1 aromatic heterocycles. The normalized spacial score (nSPS) is 12.4. The van der Waals surface area contributed by atoms with E-state index in [-0.39, 0.29) is 6.04 Å². The van der Waals surface area contributed by atoms with Crippen LogP contribution in [-0.2, 0) is 6.54 Å². The SMILES string of the molecule is CCn1nccc1C(N)c1ccc(OC)cc1. The van der Waals surface area contributed by atoms with E-state index >= 15 is 0 Å². The molecule has 0 aliphatic heterocycles. The Balaban J connectivity index is 2.27. The minimum absolute atomic E-state index is 0.150. The van der Waals surface area contributed by atoms with Gasteiger partial charge in [0.1, 0.15) is 5.75 Å². The molecule has 0 aliphatic carbocycles. The molecular formula is C13H17N3O. The number of hydrogen-bond donors (Lipinski definition) is 1. The maximum absolute atomic E-state index is 6.23. The van der Waals surface area contributed by atoms with Crippen molar-refractivity contribution in [3.05, 3.63) is 47.8 Å². The third-order valence-corrected chi connectivity index (χ3v) is 2.84. The second-order valence-electron chi connectivity index (χ2n) is 3.82. The molecular weight excluding hydrogens is 214 g/mol. The quantitative estimate of drug-likeness (QED) is 0.875. The van der Waals surface area contributed by atoms with Crippen LogP contribution in [-0.4, -0.2) is 16.9 Å². The number of aryl methyl sites for hydroxylation is 1. The summed E-state index contributed by atoms with van der Waals surface area (Å²) in [4.78, 5) is 0. The summed E-state index contributed by atoms with van der Waals surface area (Å²) < 4.78 is 7.04. The molecule has 0 spiro atoms. The van der Waals surface area contributed by atoms with E-state index in [1.165, 1.54) is 0 Å². The van der Waals surface area contributed by atoms with E-state index in [2.05, 4.69) is 12.0 Å². The van der Waals surface area contributed by atoms with Crippen molar-refractivity contribution < 1.29 is 4.74 Å². The minimum Gasteiger partial charge on any atom is -0.497 e. The Labute approximate surface area is 101 Å². The standard InChI is InChI=1S/C13H17N3O/c1-3-16-12(8-9-15-16)13(14)10-4-6-11(17-2)7-5-10/h4-9,13H,3,14H2,1-2H3. The molecule has 90 valence electrons. The average molecular weight is 231 g/mol. The molecule has 0 fully saturated rings. The molecule has 2 N–H and O–H groups in total. The number of hydrogen-bond acceptors (Lipinski definition) is 3. The first-order valence-electron chi connectivity index (χ1n) is 5.67. The van der Waals surface area contributed by atoms with Crippen molar-refractivity contribution in [2.24, 2.45) is 5.73 Å². The Kier molecular flexibility index (Phi) is 3.44. The molecule has 1 aromatic carbocycles. The van der Waals surface area contributed by atoms with Gasteiger partial charge in [0, 0.05) is 12.7 Å². The first kappa shape index (κ1) is 11.7. The van der Waals surface area contributed by atoms with Crippen molar-refractivity contribution in [3.63, 3.8) is 0 Å². The smallest absolute Gasteiger partial charge is 0.118 e. The van der Waals surface area contributed by atoms with Crippen molar-refractivity contribution in [3.8, 4) is 5.75 Å². The number of nitrogens with zero attached hydrogens (tertiary/aromatic N) is 2. The average Bonchev–Trinajstić information content (AvgIpc) is 2.86. The van der Waals surface area contributed by atoms with Crippen molar-refractivity contribution in [1.82, 2.24) is 9.78 Å². The highest BCUT2D eigenvalue weighted by molar-refractivity contribution is 5.32. The lowest BCUT2D eigenvalue weighted by atomic mass is 10.0. The summed E-state index contributed by atoms with van der Waals surface area (Å²) in [5.41, 5.74) is 8.31. The van der Waals surface area contributed by atoms with Crippen molar-refractivity contribution in [2.45, 2.75) is 19.5 Å². The van der Waals surface area contributed by atoms with Crippen LogP contribution in [0.4, 0.5) is 0 Å². The van der Waals surface area contributed by atoms with Crippen LogP contribution in [0, 0.1) is 0 Å². The number of nitrogens with two attached hydrogens (primary N) is 1. The molecule has 0 aliphatic rings. The molecule has 0 saturated carbocycles. The van der Waals surface area contributed by atoms with E-state index in [1.54, 1.807) is 13.3 Å². The summed E-state index contributed by atoms with van der Waals surface area (Å²) in [5, 5.41) is 4.23. The Bertz CT molecular complexity index is 476. The lowest BCUT2D eigenvalue weighted by molar-refractivity contribution is 0.414. The number of benzene rings is 1. The predicted molar refractivity (Wildman–Crippen MR) is 66.9 cm³/mol. The minimum atomic E-state index is -0.150. The van der Waals surface area contributed by atoms with Crippen LogP contribution in [0.3, 0.4) is 0 Å². The van der Waals surface area contributed by atoms with Gasteiger partial charge in [0.2, 0.25) is 0 Å². The maximum atomic E-state index is 6.23. The Morgan fingerprint density at radius 2 is 2.00 bits per heavy atom. The van der Waals surface area contributed by atoms with E-state index in [1.807, 2.05) is 35.0 Å². The van der Waals surface area contributed by atoms with Gasteiger partial charge >= 0.3 is 0 Å². The van der Waals surface area contributed by atoms with Gasteiger partial charge in [0.25, 0.3) is 0 Å². The maximum Gasteiger partial charge on any atom is 0.118 e. The van der Waals surface area contributed by atoms with Gasteiger partial charge in [-0.2, -0.15) is 5.10 Å². The molecule has 0 saturated heterocycles. The Morgan fingerprint density at radius 1 is 1.29 bits per heavy atom. The van der Waals surface area contributed by atoms with Crippen LogP contribution in [0.25, 0.3) is 0 Å². The fraction of sp³-hybridized carbons (Fsp3) is 0.308.